The minimum atomic E-state index is -0.384. The van der Waals surface area contributed by atoms with Gasteiger partial charge in [-0.25, -0.2) is 9.78 Å². The molecule has 156 valence electrons. The molecule has 1 aliphatic carbocycles. The number of fused-ring (bicyclic) bond motifs is 1. The van der Waals surface area contributed by atoms with Gasteiger partial charge in [0, 0.05) is 49.3 Å². The Balaban J connectivity index is 1.44. The Hall–Kier alpha value is -3.46. The summed E-state index contributed by atoms with van der Waals surface area (Å²) in [6.07, 6.45) is 2.46. The molecule has 0 aliphatic heterocycles. The number of nitrogens with zero attached hydrogens (tertiary/aromatic N) is 2. The van der Waals surface area contributed by atoms with E-state index in [2.05, 4.69) is 31.1 Å². The highest BCUT2D eigenvalue weighted by atomic mass is 16.5. The Labute approximate surface area is 173 Å². The van der Waals surface area contributed by atoms with Crippen molar-refractivity contribution < 1.29 is 14.3 Å². The molecule has 0 saturated heterocycles. The molecule has 2 aromatic heterocycles. The van der Waals surface area contributed by atoms with Gasteiger partial charge in [0.1, 0.15) is 5.82 Å². The second-order valence-corrected chi connectivity index (χ2v) is 7.30. The minimum Gasteiger partial charge on any atom is -0.382 e. The molecule has 9 heteroatoms. The highest BCUT2D eigenvalue weighted by molar-refractivity contribution is 5.92. The highest BCUT2D eigenvalue weighted by Gasteiger charge is 2.45. The van der Waals surface area contributed by atoms with Crippen LogP contribution in [0.2, 0.25) is 0 Å². The summed E-state index contributed by atoms with van der Waals surface area (Å²) in [6.45, 7) is 0.348. The smallest absolute Gasteiger partial charge is 0.320 e. The fourth-order valence-electron chi connectivity index (χ4n) is 3.65. The number of carbonyl (C=O) groups is 2. The number of aromatic amines is 1. The molecule has 0 spiro atoms. The van der Waals surface area contributed by atoms with Crippen LogP contribution in [0.4, 0.5) is 10.6 Å². The number of nitrogens with one attached hydrogen (secondary N) is 4. The van der Waals surface area contributed by atoms with Gasteiger partial charge < -0.3 is 15.4 Å². The van der Waals surface area contributed by atoms with Crippen molar-refractivity contribution in [2.45, 2.75) is 18.4 Å². The molecule has 9 nitrogen and oxygen atoms in total. The van der Waals surface area contributed by atoms with Gasteiger partial charge in [-0.05, 0) is 12.0 Å². The van der Waals surface area contributed by atoms with Crippen LogP contribution in [0.5, 0.6) is 0 Å². The van der Waals surface area contributed by atoms with Crippen molar-refractivity contribution in [3.8, 4) is 0 Å². The lowest BCUT2D eigenvalue weighted by molar-refractivity contribution is -0.121. The van der Waals surface area contributed by atoms with Crippen molar-refractivity contribution in [3.05, 3.63) is 53.9 Å². The number of hydrogen-bond acceptors (Lipinski definition) is 5. The number of carbonyl (C=O) groups excluding carboxylic acids is 2. The van der Waals surface area contributed by atoms with Crippen LogP contribution >= 0.6 is 0 Å². The monoisotopic (exact) mass is 408 g/mol. The van der Waals surface area contributed by atoms with Gasteiger partial charge in [0.25, 0.3) is 0 Å². The summed E-state index contributed by atoms with van der Waals surface area (Å²) in [5.41, 5.74) is 2.55. The number of aromatic nitrogens is 3. The van der Waals surface area contributed by atoms with E-state index in [0.29, 0.717) is 17.9 Å². The van der Waals surface area contributed by atoms with Gasteiger partial charge in [-0.3, -0.25) is 15.2 Å². The first kappa shape index (κ1) is 19.8. The van der Waals surface area contributed by atoms with Crippen LogP contribution in [-0.4, -0.2) is 47.9 Å². The van der Waals surface area contributed by atoms with E-state index >= 15 is 0 Å². The van der Waals surface area contributed by atoms with Gasteiger partial charge in [-0.1, -0.05) is 30.3 Å². The maximum atomic E-state index is 12.5. The van der Waals surface area contributed by atoms with Crippen molar-refractivity contribution in [2.75, 3.05) is 26.1 Å². The van der Waals surface area contributed by atoms with E-state index in [4.69, 9.17) is 4.74 Å². The Morgan fingerprint density at radius 3 is 2.83 bits per heavy atom. The minimum absolute atomic E-state index is 0.0297. The van der Waals surface area contributed by atoms with Gasteiger partial charge in [-0.2, -0.15) is 5.10 Å². The lowest BCUT2D eigenvalue weighted by atomic mass is 10.1. The van der Waals surface area contributed by atoms with Crippen molar-refractivity contribution in [1.82, 2.24) is 25.8 Å². The number of benzene rings is 1. The molecule has 3 aromatic rings. The van der Waals surface area contributed by atoms with Gasteiger partial charge in [0.2, 0.25) is 5.91 Å². The van der Waals surface area contributed by atoms with Crippen molar-refractivity contribution in [3.63, 3.8) is 0 Å². The molecule has 1 aliphatic rings. The second kappa shape index (κ2) is 8.50. The average molecular weight is 408 g/mol. The Kier molecular flexibility index (Phi) is 5.62. The molecule has 1 aromatic carbocycles. The molecule has 30 heavy (non-hydrogen) atoms. The van der Waals surface area contributed by atoms with Crippen LogP contribution in [0.15, 0.2) is 42.6 Å². The predicted octanol–water partition coefficient (Wildman–Crippen LogP) is 2.32. The van der Waals surface area contributed by atoms with Gasteiger partial charge in [-0.15, -0.1) is 0 Å². The maximum absolute atomic E-state index is 12.5. The fraction of sp³-hybridized carbons (Fsp3) is 0.333. The Bertz CT molecular complexity index is 1050. The number of amides is 3. The fourth-order valence-corrected chi connectivity index (χ4v) is 3.65. The molecular formula is C21H24N6O3. The number of anilines is 1. The standard InChI is InChI=1S/C21H24N6O3/c1-22-20(28)14-8-13(14)19-15-10-23-18(9-16(15)26-27-19)25-21(29)24-17(11-30-2)12-6-4-3-5-7-12/h3-7,9-10,13-14,17H,8,11H2,1-2H3,(H,22,28)(H,26,27)(H2,23,24,25,29)/t13-,14-,17+/m0/s1. The van der Waals surface area contributed by atoms with Crippen molar-refractivity contribution in [2.24, 2.45) is 5.92 Å². The highest BCUT2D eigenvalue weighted by Crippen LogP contribution is 2.48. The lowest BCUT2D eigenvalue weighted by Crippen LogP contribution is -2.35. The number of H-pyrrole nitrogens is 1. The number of methoxy groups -OCH3 is 1. The molecule has 1 fully saturated rings. The average Bonchev–Trinajstić information content (AvgIpc) is 3.45. The number of hydrogen-bond donors (Lipinski definition) is 4. The van der Waals surface area contributed by atoms with Crippen LogP contribution in [0.25, 0.3) is 10.9 Å². The van der Waals surface area contributed by atoms with Crippen molar-refractivity contribution >= 4 is 28.7 Å². The Morgan fingerprint density at radius 1 is 1.30 bits per heavy atom. The number of urea groups is 1. The zero-order valence-corrected chi connectivity index (χ0v) is 16.8. The molecule has 2 heterocycles. The molecule has 1 saturated carbocycles. The van der Waals surface area contributed by atoms with Crippen LogP contribution in [0, 0.1) is 5.92 Å². The zero-order valence-electron chi connectivity index (χ0n) is 16.8. The molecule has 0 radical (unpaired) electrons. The second-order valence-electron chi connectivity index (χ2n) is 7.30. The van der Waals surface area contributed by atoms with E-state index in [1.165, 1.54) is 0 Å². The normalized spacial score (nSPS) is 18.6. The summed E-state index contributed by atoms with van der Waals surface area (Å²) >= 11 is 0. The number of rotatable bonds is 7. The summed E-state index contributed by atoms with van der Waals surface area (Å²) < 4.78 is 5.23. The predicted molar refractivity (Wildman–Crippen MR) is 112 cm³/mol. The summed E-state index contributed by atoms with van der Waals surface area (Å²) in [4.78, 5) is 28.6. The van der Waals surface area contributed by atoms with Gasteiger partial charge in [0.05, 0.1) is 18.2 Å². The van der Waals surface area contributed by atoms with E-state index in [9.17, 15) is 9.59 Å². The molecule has 4 rings (SSSR count). The van der Waals surface area contributed by atoms with E-state index in [1.807, 2.05) is 30.3 Å². The molecule has 0 bridgehead atoms. The molecule has 4 N–H and O–H groups in total. The van der Waals surface area contributed by atoms with E-state index < -0.39 is 0 Å². The van der Waals surface area contributed by atoms with Gasteiger partial charge in [0.15, 0.2) is 0 Å². The van der Waals surface area contributed by atoms with Crippen molar-refractivity contribution in [1.29, 1.82) is 0 Å². The number of ether oxygens (including phenoxy) is 1. The van der Waals surface area contributed by atoms with Crippen LogP contribution in [0.3, 0.4) is 0 Å². The molecule has 0 unspecified atom stereocenters. The summed E-state index contributed by atoms with van der Waals surface area (Å²) in [7, 11) is 3.23. The van der Waals surface area contributed by atoms with E-state index in [1.54, 1.807) is 26.4 Å². The quantitative estimate of drug-likeness (QED) is 0.478. The topological polar surface area (TPSA) is 121 Å². The summed E-state index contributed by atoms with van der Waals surface area (Å²) in [6, 6.07) is 10.7. The lowest BCUT2D eigenvalue weighted by Gasteiger charge is -2.18. The van der Waals surface area contributed by atoms with E-state index in [0.717, 1.165) is 23.1 Å². The van der Waals surface area contributed by atoms with Crippen LogP contribution < -0.4 is 16.0 Å². The van der Waals surface area contributed by atoms with Crippen LogP contribution in [-0.2, 0) is 9.53 Å². The van der Waals surface area contributed by atoms with E-state index in [-0.39, 0.29) is 29.8 Å². The molecule has 3 atom stereocenters. The third-order valence-electron chi connectivity index (χ3n) is 5.30. The third-order valence-corrected chi connectivity index (χ3v) is 5.30. The molecular weight excluding hydrogens is 384 g/mol. The van der Waals surface area contributed by atoms with Crippen LogP contribution in [0.1, 0.15) is 29.6 Å². The van der Waals surface area contributed by atoms with Gasteiger partial charge >= 0.3 is 6.03 Å². The SMILES string of the molecule is CNC(=O)[C@H]1C[C@@H]1c1[nH]nc2cc(NC(=O)N[C@H](COC)c3ccccc3)ncc12. The summed E-state index contributed by atoms with van der Waals surface area (Å²) in [5, 5.41) is 16.5. The number of pyridine rings is 1. The maximum Gasteiger partial charge on any atom is 0.320 e. The zero-order chi connectivity index (χ0) is 21.1. The Morgan fingerprint density at radius 2 is 2.10 bits per heavy atom. The summed E-state index contributed by atoms with van der Waals surface area (Å²) in [5.74, 6) is 0.521. The first-order valence-electron chi connectivity index (χ1n) is 9.77. The third kappa shape index (κ3) is 4.11. The first-order chi connectivity index (χ1) is 14.6. The first-order valence-corrected chi connectivity index (χ1v) is 9.77. The largest absolute Gasteiger partial charge is 0.382 e. The molecule has 3 amide bonds.